The van der Waals surface area contributed by atoms with Crippen LogP contribution in [0.3, 0.4) is 0 Å². The molecule has 1 atom stereocenters. The minimum atomic E-state index is 0.173. The van der Waals surface area contributed by atoms with Crippen molar-refractivity contribution < 1.29 is 5.11 Å². The Balaban J connectivity index is 2.61. The van der Waals surface area contributed by atoms with Crippen LogP contribution in [0.15, 0.2) is 0 Å². The summed E-state index contributed by atoms with van der Waals surface area (Å²) in [6, 6.07) is 0.549. The summed E-state index contributed by atoms with van der Waals surface area (Å²) >= 11 is 0. The monoisotopic (exact) mass is 241 g/mol. The molecule has 0 radical (unpaired) electrons. The zero-order chi connectivity index (χ0) is 13.1. The van der Waals surface area contributed by atoms with E-state index in [9.17, 15) is 5.11 Å². The molecular formula is C15H31NO. The van der Waals surface area contributed by atoms with E-state index >= 15 is 0 Å². The molecule has 0 aromatic carbocycles. The highest BCUT2D eigenvalue weighted by molar-refractivity contribution is 4.88. The summed E-state index contributed by atoms with van der Waals surface area (Å²) in [6.45, 7) is 10.6. The lowest BCUT2D eigenvalue weighted by Crippen LogP contribution is -2.47. The molecule has 1 saturated carbocycles. The average Bonchev–Trinajstić information content (AvgIpc) is 2.28. The summed E-state index contributed by atoms with van der Waals surface area (Å²) in [5.74, 6) is 0. The fourth-order valence-electron chi connectivity index (χ4n) is 3.00. The second-order valence-corrected chi connectivity index (χ2v) is 7.18. The standard InChI is InChI=1S/C15H31NO/c1-13(14(2,3)4)16(5)11-15(12-17)9-7-6-8-10-15/h13,17H,6-12H2,1-5H3. The summed E-state index contributed by atoms with van der Waals surface area (Å²) in [7, 11) is 2.21. The number of hydrogen-bond acceptors (Lipinski definition) is 2. The first-order valence-corrected chi connectivity index (χ1v) is 7.12. The van der Waals surface area contributed by atoms with E-state index in [1.165, 1.54) is 32.1 Å². The van der Waals surface area contributed by atoms with Gasteiger partial charge in [0, 0.05) is 24.6 Å². The van der Waals surface area contributed by atoms with Crippen LogP contribution in [-0.4, -0.2) is 36.2 Å². The third kappa shape index (κ3) is 3.96. The van der Waals surface area contributed by atoms with Crippen LogP contribution in [0.25, 0.3) is 0 Å². The minimum absolute atomic E-state index is 0.173. The summed E-state index contributed by atoms with van der Waals surface area (Å²) in [5, 5.41) is 9.75. The van der Waals surface area contributed by atoms with Gasteiger partial charge in [0.25, 0.3) is 0 Å². The van der Waals surface area contributed by atoms with Crippen molar-refractivity contribution in [3.8, 4) is 0 Å². The topological polar surface area (TPSA) is 23.5 Å². The second kappa shape index (κ2) is 5.71. The number of aliphatic hydroxyl groups excluding tert-OH is 1. The van der Waals surface area contributed by atoms with Crippen molar-refractivity contribution in [1.82, 2.24) is 4.90 Å². The van der Waals surface area contributed by atoms with Gasteiger partial charge in [-0.3, -0.25) is 0 Å². The van der Waals surface area contributed by atoms with Crippen LogP contribution in [0.5, 0.6) is 0 Å². The molecule has 2 nitrogen and oxygen atoms in total. The van der Waals surface area contributed by atoms with Crippen LogP contribution in [0.2, 0.25) is 0 Å². The van der Waals surface area contributed by atoms with E-state index in [0.29, 0.717) is 18.1 Å². The predicted molar refractivity (Wildman–Crippen MR) is 74.2 cm³/mol. The fraction of sp³-hybridized carbons (Fsp3) is 1.00. The maximum atomic E-state index is 9.75. The van der Waals surface area contributed by atoms with Gasteiger partial charge in [0.1, 0.15) is 0 Å². The van der Waals surface area contributed by atoms with Crippen molar-refractivity contribution in [2.24, 2.45) is 10.8 Å². The lowest BCUT2D eigenvalue weighted by Gasteiger charge is -2.43. The summed E-state index contributed by atoms with van der Waals surface area (Å²) in [6.07, 6.45) is 6.33. The maximum Gasteiger partial charge on any atom is 0.0499 e. The lowest BCUT2D eigenvalue weighted by molar-refractivity contribution is 0.0192. The lowest BCUT2D eigenvalue weighted by atomic mass is 9.73. The minimum Gasteiger partial charge on any atom is -0.396 e. The molecule has 2 heteroatoms. The fourth-order valence-corrected chi connectivity index (χ4v) is 3.00. The highest BCUT2D eigenvalue weighted by Gasteiger charge is 2.35. The van der Waals surface area contributed by atoms with Gasteiger partial charge in [-0.05, 0) is 32.2 Å². The van der Waals surface area contributed by atoms with Crippen molar-refractivity contribution in [2.75, 3.05) is 20.2 Å². The largest absolute Gasteiger partial charge is 0.396 e. The molecular weight excluding hydrogens is 210 g/mol. The van der Waals surface area contributed by atoms with Gasteiger partial charge in [-0.2, -0.15) is 0 Å². The van der Waals surface area contributed by atoms with Gasteiger partial charge in [0.15, 0.2) is 0 Å². The van der Waals surface area contributed by atoms with E-state index in [0.717, 1.165) is 6.54 Å². The van der Waals surface area contributed by atoms with E-state index in [-0.39, 0.29) is 5.41 Å². The van der Waals surface area contributed by atoms with Crippen molar-refractivity contribution in [3.05, 3.63) is 0 Å². The van der Waals surface area contributed by atoms with Crippen LogP contribution in [0, 0.1) is 10.8 Å². The van der Waals surface area contributed by atoms with Crippen molar-refractivity contribution in [1.29, 1.82) is 0 Å². The molecule has 1 fully saturated rings. The Morgan fingerprint density at radius 2 is 1.71 bits per heavy atom. The Morgan fingerprint density at radius 3 is 2.12 bits per heavy atom. The molecule has 0 amide bonds. The number of nitrogens with zero attached hydrogens (tertiary/aromatic N) is 1. The molecule has 1 unspecified atom stereocenters. The van der Waals surface area contributed by atoms with E-state index in [1.54, 1.807) is 0 Å². The van der Waals surface area contributed by atoms with Crippen LogP contribution in [0.1, 0.15) is 59.8 Å². The maximum absolute atomic E-state index is 9.75. The molecule has 17 heavy (non-hydrogen) atoms. The molecule has 1 N–H and O–H groups in total. The molecule has 1 rings (SSSR count). The Labute approximate surface area is 107 Å². The van der Waals surface area contributed by atoms with Crippen LogP contribution >= 0.6 is 0 Å². The van der Waals surface area contributed by atoms with Gasteiger partial charge in [-0.25, -0.2) is 0 Å². The van der Waals surface area contributed by atoms with E-state index in [4.69, 9.17) is 0 Å². The number of rotatable bonds is 4. The predicted octanol–water partition coefficient (Wildman–Crippen LogP) is 3.30. The molecule has 0 bridgehead atoms. The van der Waals surface area contributed by atoms with Gasteiger partial charge in [0.2, 0.25) is 0 Å². The van der Waals surface area contributed by atoms with E-state index in [2.05, 4.69) is 39.6 Å². The van der Waals surface area contributed by atoms with Crippen molar-refractivity contribution >= 4 is 0 Å². The van der Waals surface area contributed by atoms with Gasteiger partial charge in [-0.15, -0.1) is 0 Å². The third-order valence-electron chi connectivity index (χ3n) is 4.75. The first kappa shape index (κ1) is 15.0. The first-order chi connectivity index (χ1) is 7.81. The molecule has 1 aliphatic carbocycles. The Morgan fingerprint density at radius 1 is 1.18 bits per heavy atom. The highest BCUT2D eigenvalue weighted by Crippen LogP contribution is 2.37. The van der Waals surface area contributed by atoms with Gasteiger partial charge in [0.05, 0.1) is 0 Å². The van der Waals surface area contributed by atoms with Crippen LogP contribution < -0.4 is 0 Å². The summed E-state index contributed by atoms with van der Waals surface area (Å²) < 4.78 is 0. The summed E-state index contributed by atoms with van der Waals surface area (Å²) in [4.78, 5) is 2.45. The van der Waals surface area contributed by atoms with Gasteiger partial charge >= 0.3 is 0 Å². The molecule has 0 aliphatic heterocycles. The first-order valence-electron chi connectivity index (χ1n) is 7.12. The molecule has 0 heterocycles. The van der Waals surface area contributed by atoms with Gasteiger partial charge in [-0.1, -0.05) is 40.0 Å². The molecule has 1 aliphatic rings. The third-order valence-corrected chi connectivity index (χ3v) is 4.75. The Hall–Kier alpha value is -0.0800. The molecule has 0 aromatic heterocycles. The Kier molecular flexibility index (Phi) is 5.03. The van der Waals surface area contributed by atoms with Crippen LogP contribution in [-0.2, 0) is 0 Å². The smallest absolute Gasteiger partial charge is 0.0499 e. The normalized spacial score (nSPS) is 22.8. The number of aliphatic hydroxyl groups is 1. The molecule has 0 spiro atoms. The SMILES string of the molecule is CC(N(C)CC1(CO)CCCCC1)C(C)(C)C. The van der Waals surface area contributed by atoms with E-state index in [1.807, 2.05) is 0 Å². The summed E-state index contributed by atoms with van der Waals surface area (Å²) in [5.41, 5.74) is 0.479. The Bertz CT molecular complexity index is 226. The van der Waals surface area contributed by atoms with Gasteiger partial charge < -0.3 is 10.0 Å². The highest BCUT2D eigenvalue weighted by atomic mass is 16.3. The van der Waals surface area contributed by atoms with Crippen molar-refractivity contribution in [2.45, 2.75) is 65.8 Å². The molecule has 0 aromatic rings. The zero-order valence-electron chi connectivity index (χ0n) is 12.4. The molecule has 0 saturated heterocycles. The average molecular weight is 241 g/mol. The number of hydrogen-bond donors (Lipinski definition) is 1. The quantitative estimate of drug-likeness (QED) is 0.816. The van der Waals surface area contributed by atoms with E-state index < -0.39 is 0 Å². The molecule has 102 valence electrons. The second-order valence-electron chi connectivity index (χ2n) is 7.18. The van der Waals surface area contributed by atoms with Crippen molar-refractivity contribution in [3.63, 3.8) is 0 Å². The van der Waals surface area contributed by atoms with Crippen LogP contribution in [0.4, 0.5) is 0 Å². The zero-order valence-corrected chi connectivity index (χ0v) is 12.4.